The van der Waals surface area contributed by atoms with E-state index in [1.807, 2.05) is 0 Å². The van der Waals surface area contributed by atoms with E-state index in [9.17, 15) is 29.0 Å². The first-order valence-electron chi connectivity index (χ1n) is 9.92. The summed E-state index contributed by atoms with van der Waals surface area (Å²) < 4.78 is 19.6. The van der Waals surface area contributed by atoms with Gasteiger partial charge in [0, 0.05) is 12.7 Å². The molecule has 1 amide bonds. The van der Waals surface area contributed by atoms with Crippen LogP contribution in [0.2, 0.25) is 0 Å². The van der Waals surface area contributed by atoms with Gasteiger partial charge in [-0.2, -0.15) is 0 Å². The molecule has 4 rings (SSSR count). The molecule has 0 saturated carbocycles. The van der Waals surface area contributed by atoms with Crippen molar-refractivity contribution in [3.63, 3.8) is 0 Å². The molecule has 9 nitrogen and oxygen atoms in total. The number of rotatable bonds is 6. The number of fused-ring (bicyclic) bond motifs is 1. The van der Waals surface area contributed by atoms with Crippen molar-refractivity contribution in [3.05, 3.63) is 93.2 Å². The first kappa shape index (κ1) is 21.9. The molecule has 1 aromatic heterocycles. The third-order valence-corrected chi connectivity index (χ3v) is 5.33. The number of carbonyl (C=O) groups is 2. The van der Waals surface area contributed by atoms with Gasteiger partial charge in [-0.3, -0.25) is 19.3 Å². The quantitative estimate of drug-likeness (QED) is 0.588. The van der Waals surface area contributed by atoms with Crippen LogP contribution in [0.15, 0.2) is 59.5 Å². The first-order valence-corrected chi connectivity index (χ1v) is 9.92. The number of hydrogen-bond acceptors (Lipinski definition) is 6. The van der Waals surface area contributed by atoms with E-state index in [0.29, 0.717) is 11.3 Å². The first-order chi connectivity index (χ1) is 15.8. The summed E-state index contributed by atoms with van der Waals surface area (Å²) in [4.78, 5) is 38.4. The van der Waals surface area contributed by atoms with E-state index in [0.717, 1.165) is 11.8 Å². The molecule has 0 spiro atoms. The highest BCUT2D eigenvalue weighted by Gasteiger charge is 2.34. The van der Waals surface area contributed by atoms with Gasteiger partial charge in [-0.05, 0) is 35.4 Å². The van der Waals surface area contributed by atoms with E-state index < -0.39 is 34.4 Å². The van der Waals surface area contributed by atoms with Gasteiger partial charge in [-0.25, -0.2) is 9.18 Å². The molecule has 2 heterocycles. The lowest BCUT2D eigenvalue weighted by Gasteiger charge is -2.40. The molecule has 0 bridgehead atoms. The molecular weight excluding hydrogens is 433 g/mol. The Morgan fingerprint density at radius 2 is 1.64 bits per heavy atom. The maximum atomic E-state index is 13.3. The lowest BCUT2D eigenvalue weighted by molar-refractivity contribution is 0.0654. The fourth-order valence-corrected chi connectivity index (χ4v) is 3.64. The number of aromatic nitrogens is 1. The highest BCUT2D eigenvalue weighted by molar-refractivity contribution is 5.97. The van der Waals surface area contributed by atoms with Crippen molar-refractivity contribution in [2.75, 3.05) is 18.8 Å². The van der Waals surface area contributed by atoms with Crippen molar-refractivity contribution in [1.29, 1.82) is 0 Å². The second-order valence-electron chi connectivity index (χ2n) is 7.50. The Labute approximate surface area is 187 Å². The summed E-state index contributed by atoms with van der Waals surface area (Å²) in [6, 6.07) is 12.7. The van der Waals surface area contributed by atoms with Crippen LogP contribution in [0.5, 0.6) is 11.5 Å². The molecule has 10 heteroatoms. The number of methoxy groups -OCH3 is 1. The molecule has 1 aliphatic heterocycles. The molecule has 0 radical (unpaired) electrons. The van der Waals surface area contributed by atoms with Crippen molar-refractivity contribution in [2.24, 2.45) is 0 Å². The number of ether oxygens (including phenoxy) is 1. The van der Waals surface area contributed by atoms with Crippen LogP contribution < -0.4 is 15.2 Å². The Hall–Kier alpha value is -4.34. The summed E-state index contributed by atoms with van der Waals surface area (Å²) in [6.45, 7) is 0.342. The SMILES string of the molecule is COc1ccc(CN2CN(Cc3ccc(F)cc3)C(=O)c3c(O)c(=O)c(C(=O)O)cn32)cc1. The monoisotopic (exact) mass is 453 g/mol. The van der Waals surface area contributed by atoms with Crippen molar-refractivity contribution < 1.29 is 28.9 Å². The van der Waals surface area contributed by atoms with Gasteiger partial charge >= 0.3 is 5.97 Å². The number of nitrogens with zero attached hydrogens (tertiary/aromatic N) is 3. The minimum atomic E-state index is -1.52. The van der Waals surface area contributed by atoms with E-state index in [1.54, 1.807) is 36.4 Å². The molecule has 0 saturated heterocycles. The minimum Gasteiger partial charge on any atom is -0.502 e. The van der Waals surface area contributed by atoms with Gasteiger partial charge < -0.3 is 19.8 Å². The number of carbonyl (C=O) groups excluding carboxylic acids is 1. The van der Waals surface area contributed by atoms with Crippen molar-refractivity contribution in [1.82, 2.24) is 9.58 Å². The smallest absolute Gasteiger partial charge is 0.341 e. The summed E-state index contributed by atoms with van der Waals surface area (Å²) in [7, 11) is 1.54. The Morgan fingerprint density at radius 3 is 2.24 bits per heavy atom. The number of aromatic hydroxyl groups is 1. The van der Waals surface area contributed by atoms with Gasteiger partial charge in [0.2, 0.25) is 5.43 Å². The summed E-state index contributed by atoms with van der Waals surface area (Å²) >= 11 is 0. The number of amides is 1. The Bertz CT molecular complexity index is 1270. The fraction of sp³-hybridized carbons (Fsp3) is 0.174. The summed E-state index contributed by atoms with van der Waals surface area (Å²) in [5.74, 6) is -2.88. The van der Waals surface area contributed by atoms with Crippen LogP contribution >= 0.6 is 0 Å². The van der Waals surface area contributed by atoms with Crippen LogP contribution in [0, 0.1) is 5.82 Å². The number of hydrogen-bond donors (Lipinski definition) is 2. The van der Waals surface area contributed by atoms with Crippen LogP contribution in [0.4, 0.5) is 4.39 Å². The van der Waals surface area contributed by atoms with E-state index in [2.05, 4.69) is 0 Å². The fourth-order valence-electron chi connectivity index (χ4n) is 3.64. The van der Waals surface area contributed by atoms with Gasteiger partial charge in [0.05, 0.1) is 13.7 Å². The molecule has 3 aromatic rings. The number of aromatic carboxylic acids is 1. The zero-order valence-electron chi connectivity index (χ0n) is 17.6. The second kappa shape index (κ2) is 8.65. The zero-order chi connectivity index (χ0) is 23.7. The second-order valence-corrected chi connectivity index (χ2v) is 7.50. The Balaban J connectivity index is 1.77. The molecule has 2 N–H and O–H groups in total. The standard InChI is InChI=1S/C23H20FN3O6/c1-33-17-8-4-15(5-9-17)11-26-13-25(10-14-2-6-16(24)7-3-14)22(30)19-21(29)20(28)18(23(31)32)12-27(19)26/h2-9,12,29H,10-11,13H2,1H3,(H,31,32). The molecule has 0 unspecified atom stereocenters. The van der Waals surface area contributed by atoms with Crippen LogP contribution in [-0.4, -0.2) is 45.4 Å². The number of benzene rings is 2. The third-order valence-electron chi connectivity index (χ3n) is 5.33. The predicted molar refractivity (Wildman–Crippen MR) is 115 cm³/mol. The molecule has 170 valence electrons. The van der Waals surface area contributed by atoms with Gasteiger partial charge in [0.1, 0.15) is 23.8 Å². The minimum absolute atomic E-state index is 0.0244. The molecule has 0 fully saturated rings. The average molecular weight is 453 g/mol. The van der Waals surface area contributed by atoms with Gasteiger partial charge in [0.25, 0.3) is 5.91 Å². The van der Waals surface area contributed by atoms with E-state index >= 15 is 0 Å². The highest BCUT2D eigenvalue weighted by atomic mass is 19.1. The number of pyridine rings is 1. The molecule has 2 aromatic carbocycles. The van der Waals surface area contributed by atoms with Crippen LogP contribution in [0.25, 0.3) is 0 Å². The predicted octanol–water partition coefficient (Wildman–Crippen LogP) is 2.15. The van der Waals surface area contributed by atoms with Crippen molar-refractivity contribution in [2.45, 2.75) is 13.1 Å². The number of carboxylic acids is 1. The largest absolute Gasteiger partial charge is 0.502 e. The van der Waals surface area contributed by atoms with Gasteiger partial charge in [-0.15, -0.1) is 0 Å². The van der Waals surface area contributed by atoms with Crippen LogP contribution in [0.3, 0.4) is 0 Å². The maximum absolute atomic E-state index is 13.3. The van der Waals surface area contributed by atoms with Crippen molar-refractivity contribution >= 4 is 11.9 Å². The lowest BCUT2D eigenvalue weighted by atomic mass is 10.1. The molecular formula is C23H20FN3O6. The summed E-state index contributed by atoms with van der Waals surface area (Å²) in [5, 5.41) is 21.5. The summed E-state index contributed by atoms with van der Waals surface area (Å²) in [5.41, 5.74) is -0.683. The number of halogens is 1. The van der Waals surface area contributed by atoms with E-state index in [-0.39, 0.29) is 25.5 Å². The normalized spacial score (nSPS) is 13.1. The summed E-state index contributed by atoms with van der Waals surface area (Å²) in [6.07, 6.45) is 1.04. The van der Waals surface area contributed by atoms with Crippen molar-refractivity contribution in [3.8, 4) is 11.5 Å². The Morgan fingerprint density at radius 1 is 1.03 bits per heavy atom. The topological polar surface area (TPSA) is 112 Å². The lowest BCUT2D eigenvalue weighted by Crippen LogP contribution is -2.53. The molecule has 1 aliphatic rings. The van der Waals surface area contributed by atoms with Crippen LogP contribution in [0.1, 0.15) is 32.0 Å². The molecule has 0 aliphatic carbocycles. The zero-order valence-corrected chi connectivity index (χ0v) is 17.6. The average Bonchev–Trinajstić information content (AvgIpc) is 2.80. The van der Waals surface area contributed by atoms with E-state index in [1.165, 1.54) is 33.8 Å². The molecule has 0 atom stereocenters. The van der Waals surface area contributed by atoms with Crippen LogP contribution in [-0.2, 0) is 13.1 Å². The Kier molecular flexibility index (Phi) is 5.74. The third kappa shape index (κ3) is 4.22. The molecule has 33 heavy (non-hydrogen) atoms. The maximum Gasteiger partial charge on any atom is 0.341 e. The van der Waals surface area contributed by atoms with Gasteiger partial charge in [0.15, 0.2) is 11.4 Å². The van der Waals surface area contributed by atoms with E-state index in [4.69, 9.17) is 4.74 Å². The number of carboxylic acid groups (broad SMARTS) is 1. The highest BCUT2D eigenvalue weighted by Crippen LogP contribution is 2.24. The van der Waals surface area contributed by atoms with Gasteiger partial charge in [-0.1, -0.05) is 24.3 Å².